The van der Waals surface area contributed by atoms with Crippen molar-refractivity contribution < 1.29 is 4.79 Å². The van der Waals surface area contributed by atoms with Gasteiger partial charge in [0.2, 0.25) is 0 Å². The van der Waals surface area contributed by atoms with Crippen LogP contribution >= 0.6 is 11.6 Å². The number of aromatic nitrogens is 2. The van der Waals surface area contributed by atoms with E-state index in [1.807, 2.05) is 49.5 Å². The van der Waals surface area contributed by atoms with Gasteiger partial charge in [-0.1, -0.05) is 35.4 Å². The molecule has 1 aromatic carbocycles. The lowest BCUT2D eigenvalue weighted by molar-refractivity contribution is 0.0950. The number of pyridine rings is 1. The van der Waals surface area contributed by atoms with E-state index >= 15 is 0 Å². The highest BCUT2D eigenvalue weighted by molar-refractivity contribution is 6.29. The van der Waals surface area contributed by atoms with E-state index in [1.165, 1.54) is 0 Å². The molecule has 2 heterocycles. The number of nitrogens with one attached hydrogen (secondary N) is 1. The number of carbonyl (C=O) groups excluding carboxylic acids is 1. The van der Waals surface area contributed by atoms with Gasteiger partial charge in [0.05, 0.1) is 12.2 Å². The first-order valence-corrected chi connectivity index (χ1v) is 6.98. The van der Waals surface area contributed by atoms with E-state index in [9.17, 15) is 4.79 Å². The van der Waals surface area contributed by atoms with E-state index in [0.29, 0.717) is 17.3 Å². The topological polar surface area (TPSA) is 46.4 Å². The van der Waals surface area contributed by atoms with Gasteiger partial charge in [-0.25, -0.2) is 4.98 Å². The summed E-state index contributed by atoms with van der Waals surface area (Å²) in [6.45, 7) is 2.35. The second kappa shape index (κ2) is 5.58. The Morgan fingerprint density at radius 3 is 2.71 bits per heavy atom. The van der Waals surface area contributed by atoms with Crippen LogP contribution in [0.25, 0.3) is 5.65 Å². The molecule has 0 unspecified atom stereocenters. The highest BCUT2D eigenvalue weighted by Gasteiger charge is 2.07. The molecule has 0 aliphatic rings. The molecular formula is C16H14ClN3O. The van der Waals surface area contributed by atoms with Crippen molar-refractivity contribution in [2.24, 2.45) is 0 Å². The highest BCUT2D eigenvalue weighted by atomic mass is 35.5. The number of amides is 1. The predicted molar refractivity (Wildman–Crippen MR) is 82.6 cm³/mol. The second-order valence-electron chi connectivity index (χ2n) is 4.86. The quantitative estimate of drug-likeness (QED) is 0.755. The molecule has 106 valence electrons. The van der Waals surface area contributed by atoms with E-state index in [4.69, 9.17) is 11.6 Å². The monoisotopic (exact) mass is 299 g/mol. The molecule has 2 aromatic heterocycles. The largest absolute Gasteiger partial charge is 0.346 e. The maximum Gasteiger partial charge on any atom is 0.251 e. The van der Waals surface area contributed by atoms with Crippen LogP contribution in [0.4, 0.5) is 0 Å². The van der Waals surface area contributed by atoms with Crippen molar-refractivity contribution in [3.05, 3.63) is 70.6 Å². The summed E-state index contributed by atoms with van der Waals surface area (Å²) in [5.74, 6) is -0.113. The molecule has 3 rings (SSSR count). The molecule has 5 heteroatoms. The molecule has 0 fully saturated rings. The summed E-state index contributed by atoms with van der Waals surface area (Å²) < 4.78 is 1.79. The normalized spacial score (nSPS) is 10.8. The van der Waals surface area contributed by atoms with Gasteiger partial charge in [-0.15, -0.1) is 0 Å². The van der Waals surface area contributed by atoms with E-state index in [1.54, 1.807) is 10.5 Å². The minimum atomic E-state index is -0.113. The number of hydrogen-bond donors (Lipinski definition) is 1. The lowest BCUT2D eigenvalue weighted by Gasteiger charge is -2.03. The molecule has 0 radical (unpaired) electrons. The molecule has 1 amide bonds. The molecule has 0 aliphatic carbocycles. The minimum absolute atomic E-state index is 0.113. The van der Waals surface area contributed by atoms with Crippen molar-refractivity contribution in [1.29, 1.82) is 0 Å². The zero-order valence-corrected chi connectivity index (χ0v) is 12.3. The SMILES string of the molecule is Cc1ccc(C(=O)NCc2cn3c(Cl)cccc3n2)cc1. The Morgan fingerprint density at radius 1 is 1.24 bits per heavy atom. The van der Waals surface area contributed by atoms with Crippen molar-refractivity contribution in [2.75, 3.05) is 0 Å². The van der Waals surface area contributed by atoms with Crippen molar-refractivity contribution in [3.8, 4) is 0 Å². The number of aryl methyl sites for hydroxylation is 1. The number of hydrogen-bond acceptors (Lipinski definition) is 2. The predicted octanol–water partition coefficient (Wildman–Crippen LogP) is 3.23. The maximum absolute atomic E-state index is 12.0. The molecule has 0 aliphatic heterocycles. The number of nitrogens with zero attached hydrogens (tertiary/aromatic N) is 2. The average Bonchev–Trinajstić information content (AvgIpc) is 2.90. The van der Waals surface area contributed by atoms with Crippen LogP contribution in [0.2, 0.25) is 5.15 Å². The van der Waals surface area contributed by atoms with E-state index in [2.05, 4.69) is 10.3 Å². The Balaban J connectivity index is 1.72. The molecule has 0 saturated carbocycles. The van der Waals surface area contributed by atoms with Crippen molar-refractivity contribution in [2.45, 2.75) is 13.5 Å². The number of carbonyl (C=O) groups is 1. The minimum Gasteiger partial charge on any atom is -0.346 e. The fourth-order valence-corrected chi connectivity index (χ4v) is 2.30. The average molecular weight is 300 g/mol. The summed E-state index contributed by atoms with van der Waals surface area (Å²) in [5, 5.41) is 3.45. The molecule has 0 saturated heterocycles. The third kappa shape index (κ3) is 2.90. The highest BCUT2D eigenvalue weighted by Crippen LogP contribution is 2.13. The summed E-state index contributed by atoms with van der Waals surface area (Å²) in [4.78, 5) is 16.5. The summed E-state index contributed by atoms with van der Waals surface area (Å²) in [6, 6.07) is 13.0. The van der Waals surface area contributed by atoms with Crippen LogP contribution in [0.5, 0.6) is 0 Å². The van der Waals surface area contributed by atoms with Gasteiger partial charge >= 0.3 is 0 Å². The first-order chi connectivity index (χ1) is 10.1. The molecular weight excluding hydrogens is 286 g/mol. The Hall–Kier alpha value is -2.33. The van der Waals surface area contributed by atoms with Crippen LogP contribution in [0.1, 0.15) is 21.6 Å². The van der Waals surface area contributed by atoms with Gasteiger partial charge in [0.1, 0.15) is 10.8 Å². The van der Waals surface area contributed by atoms with Crippen LogP contribution in [0.15, 0.2) is 48.7 Å². The van der Waals surface area contributed by atoms with Gasteiger partial charge in [0.15, 0.2) is 0 Å². The maximum atomic E-state index is 12.0. The number of imidazole rings is 1. The van der Waals surface area contributed by atoms with Crippen LogP contribution in [0.3, 0.4) is 0 Å². The number of halogens is 1. The smallest absolute Gasteiger partial charge is 0.251 e. The summed E-state index contributed by atoms with van der Waals surface area (Å²) in [5.41, 5.74) is 3.30. The Bertz CT molecular complexity index is 793. The van der Waals surface area contributed by atoms with Crippen LogP contribution in [-0.2, 0) is 6.54 Å². The van der Waals surface area contributed by atoms with Crippen molar-refractivity contribution >= 4 is 23.2 Å². The fourth-order valence-electron chi connectivity index (χ4n) is 2.09. The van der Waals surface area contributed by atoms with Gasteiger partial charge in [0.25, 0.3) is 5.91 Å². The number of benzene rings is 1. The molecule has 0 atom stereocenters. The van der Waals surface area contributed by atoms with E-state index in [-0.39, 0.29) is 5.91 Å². The first kappa shape index (κ1) is 13.6. The lowest BCUT2D eigenvalue weighted by Crippen LogP contribution is -2.22. The summed E-state index contributed by atoms with van der Waals surface area (Å²) in [7, 11) is 0. The van der Waals surface area contributed by atoms with Crippen LogP contribution in [0, 0.1) is 6.92 Å². The molecule has 21 heavy (non-hydrogen) atoms. The van der Waals surface area contributed by atoms with Crippen LogP contribution < -0.4 is 5.32 Å². The third-order valence-corrected chi connectivity index (χ3v) is 3.54. The molecule has 0 spiro atoms. The zero-order chi connectivity index (χ0) is 14.8. The summed E-state index contributed by atoms with van der Waals surface area (Å²) in [6.07, 6.45) is 1.83. The second-order valence-corrected chi connectivity index (χ2v) is 5.24. The summed E-state index contributed by atoms with van der Waals surface area (Å²) >= 11 is 6.08. The third-order valence-electron chi connectivity index (χ3n) is 3.24. The zero-order valence-electron chi connectivity index (χ0n) is 11.5. The van der Waals surface area contributed by atoms with Gasteiger partial charge in [0, 0.05) is 11.8 Å². The van der Waals surface area contributed by atoms with E-state index in [0.717, 1.165) is 16.9 Å². The van der Waals surface area contributed by atoms with Gasteiger partial charge in [-0.05, 0) is 31.2 Å². The Kier molecular flexibility index (Phi) is 3.62. The molecule has 4 nitrogen and oxygen atoms in total. The Labute approximate surface area is 127 Å². The van der Waals surface area contributed by atoms with Gasteiger partial charge < -0.3 is 5.32 Å². The fraction of sp³-hybridized carbons (Fsp3) is 0.125. The molecule has 0 bridgehead atoms. The standard InChI is InChI=1S/C16H14ClN3O/c1-11-5-7-12(8-6-11)16(21)18-9-13-10-20-14(17)3-2-4-15(20)19-13/h2-8,10H,9H2,1H3,(H,18,21). The first-order valence-electron chi connectivity index (χ1n) is 6.61. The van der Waals surface area contributed by atoms with E-state index < -0.39 is 0 Å². The molecule has 3 aromatic rings. The van der Waals surface area contributed by atoms with Crippen LogP contribution in [-0.4, -0.2) is 15.3 Å². The van der Waals surface area contributed by atoms with Gasteiger partial charge in [-0.3, -0.25) is 9.20 Å². The number of fused-ring (bicyclic) bond motifs is 1. The van der Waals surface area contributed by atoms with Crippen molar-refractivity contribution in [1.82, 2.24) is 14.7 Å². The molecule has 1 N–H and O–H groups in total. The van der Waals surface area contributed by atoms with Gasteiger partial charge in [-0.2, -0.15) is 0 Å². The lowest BCUT2D eigenvalue weighted by atomic mass is 10.1. The number of rotatable bonds is 3. The Morgan fingerprint density at radius 2 is 2.00 bits per heavy atom. The van der Waals surface area contributed by atoms with Crippen molar-refractivity contribution in [3.63, 3.8) is 0 Å².